The van der Waals surface area contributed by atoms with E-state index in [0.29, 0.717) is 30.1 Å². The lowest BCUT2D eigenvalue weighted by Gasteiger charge is -2.38. The van der Waals surface area contributed by atoms with Gasteiger partial charge in [-0.05, 0) is 25.8 Å². The number of nitrogens with one attached hydrogen (secondary N) is 2. The van der Waals surface area contributed by atoms with Crippen molar-refractivity contribution in [3.63, 3.8) is 0 Å². The molecule has 0 radical (unpaired) electrons. The fraction of sp³-hybridized carbons (Fsp3) is 0.706. The van der Waals surface area contributed by atoms with Crippen LogP contribution < -0.4 is 20.3 Å². The first-order valence-electron chi connectivity index (χ1n) is 9.07. The molecule has 0 bridgehead atoms. The van der Waals surface area contributed by atoms with Crippen molar-refractivity contribution in [2.24, 2.45) is 10.9 Å². The van der Waals surface area contributed by atoms with Crippen molar-refractivity contribution >= 4 is 17.7 Å². The SMILES string of the molecule is COc1c(NC2=NC[C@@]3(CNCC[C@@H]3C)O2)ncnc1N1CCCC1. The molecule has 3 aliphatic heterocycles. The van der Waals surface area contributed by atoms with Gasteiger partial charge in [-0.25, -0.2) is 15.0 Å². The van der Waals surface area contributed by atoms with Crippen LogP contribution in [0.1, 0.15) is 26.2 Å². The highest BCUT2D eigenvalue weighted by Crippen LogP contribution is 2.36. The molecule has 0 amide bonds. The summed E-state index contributed by atoms with van der Waals surface area (Å²) < 4.78 is 11.8. The lowest BCUT2D eigenvalue weighted by molar-refractivity contribution is 0.0108. The van der Waals surface area contributed by atoms with Gasteiger partial charge in [0.05, 0.1) is 13.7 Å². The maximum atomic E-state index is 6.22. The molecule has 0 aliphatic carbocycles. The van der Waals surface area contributed by atoms with Gasteiger partial charge in [-0.15, -0.1) is 0 Å². The summed E-state index contributed by atoms with van der Waals surface area (Å²) in [6, 6.07) is 0.514. The minimum Gasteiger partial charge on any atom is -0.490 e. The highest BCUT2D eigenvalue weighted by molar-refractivity contribution is 5.91. The zero-order chi connectivity index (χ0) is 17.3. The quantitative estimate of drug-likeness (QED) is 0.852. The molecule has 2 saturated heterocycles. The van der Waals surface area contributed by atoms with E-state index in [2.05, 4.69) is 37.4 Å². The van der Waals surface area contributed by atoms with Gasteiger partial charge in [0.1, 0.15) is 11.9 Å². The molecule has 1 spiro atoms. The van der Waals surface area contributed by atoms with Crippen molar-refractivity contribution < 1.29 is 9.47 Å². The monoisotopic (exact) mass is 346 g/mol. The number of aliphatic imine (C=N–C) groups is 1. The molecule has 2 fully saturated rings. The summed E-state index contributed by atoms with van der Waals surface area (Å²) in [6.45, 7) is 6.75. The Bertz CT molecular complexity index is 661. The smallest absolute Gasteiger partial charge is 0.291 e. The van der Waals surface area contributed by atoms with Crippen LogP contribution >= 0.6 is 0 Å². The van der Waals surface area contributed by atoms with Gasteiger partial charge in [-0.1, -0.05) is 6.92 Å². The number of nitrogens with zero attached hydrogens (tertiary/aromatic N) is 4. The molecule has 136 valence electrons. The number of piperidine rings is 1. The van der Waals surface area contributed by atoms with Gasteiger partial charge in [-0.2, -0.15) is 0 Å². The maximum Gasteiger partial charge on any atom is 0.291 e. The van der Waals surface area contributed by atoms with E-state index in [9.17, 15) is 0 Å². The van der Waals surface area contributed by atoms with Crippen LogP contribution in [0.3, 0.4) is 0 Å². The number of hydrogen-bond donors (Lipinski definition) is 2. The first kappa shape index (κ1) is 16.4. The van der Waals surface area contributed by atoms with Crippen LogP contribution in [0.4, 0.5) is 11.6 Å². The number of rotatable bonds is 3. The first-order valence-corrected chi connectivity index (χ1v) is 9.07. The van der Waals surface area contributed by atoms with Crippen LogP contribution in [0, 0.1) is 5.92 Å². The van der Waals surface area contributed by atoms with Crippen molar-refractivity contribution in [2.75, 3.05) is 50.1 Å². The summed E-state index contributed by atoms with van der Waals surface area (Å²) in [4.78, 5) is 15.6. The normalized spacial score (nSPS) is 28.8. The Balaban J connectivity index is 1.52. The Morgan fingerprint density at radius 3 is 2.96 bits per heavy atom. The molecule has 8 nitrogen and oxygen atoms in total. The van der Waals surface area contributed by atoms with Gasteiger partial charge in [0.15, 0.2) is 11.6 Å². The Morgan fingerprint density at radius 2 is 2.20 bits per heavy atom. The number of aromatic nitrogens is 2. The maximum absolute atomic E-state index is 6.22. The molecule has 0 saturated carbocycles. The van der Waals surface area contributed by atoms with Crippen molar-refractivity contribution in [1.29, 1.82) is 0 Å². The summed E-state index contributed by atoms with van der Waals surface area (Å²) in [7, 11) is 1.65. The van der Waals surface area contributed by atoms with Crippen LogP contribution in [-0.2, 0) is 4.74 Å². The Labute approximate surface area is 148 Å². The number of ether oxygens (including phenoxy) is 2. The Hall–Kier alpha value is -2.09. The summed E-state index contributed by atoms with van der Waals surface area (Å²) in [6.07, 6.45) is 5.02. The van der Waals surface area contributed by atoms with Crippen molar-refractivity contribution in [3.8, 4) is 5.75 Å². The van der Waals surface area contributed by atoms with E-state index in [-0.39, 0.29) is 5.60 Å². The summed E-state index contributed by atoms with van der Waals surface area (Å²) >= 11 is 0. The van der Waals surface area contributed by atoms with Crippen molar-refractivity contribution in [2.45, 2.75) is 31.8 Å². The molecule has 0 aromatic carbocycles. The van der Waals surface area contributed by atoms with Crippen LogP contribution in [-0.4, -0.2) is 61.4 Å². The predicted molar refractivity (Wildman–Crippen MR) is 96.4 cm³/mol. The fourth-order valence-electron chi connectivity index (χ4n) is 3.83. The van der Waals surface area contributed by atoms with Crippen molar-refractivity contribution in [3.05, 3.63) is 6.33 Å². The molecule has 2 atom stereocenters. The van der Waals surface area contributed by atoms with Crippen LogP contribution in [0.2, 0.25) is 0 Å². The van der Waals surface area contributed by atoms with Gasteiger partial charge >= 0.3 is 0 Å². The van der Waals surface area contributed by atoms with Crippen molar-refractivity contribution in [1.82, 2.24) is 15.3 Å². The molecule has 1 aromatic heterocycles. The van der Waals surface area contributed by atoms with E-state index < -0.39 is 0 Å². The number of methoxy groups -OCH3 is 1. The van der Waals surface area contributed by atoms with Crippen LogP contribution in [0.25, 0.3) is 0 Å². The van der Waals surface area contributed by atoms with Gasteiger partial charge in [-0.3, -0.25) is 5.32 Å². The summed E-state index contributed by atoms with van der Waals surface area (Å²) in [5.41, 5.74) is -0.251. The summed E-state index contributed by atoms with van der Waals surface area (Å²) in [5.74, 6) is 2.54. The second kappa shape index (κ2) is 6.67. The van der Waals surface area contributed by atoms with E-state index in [1.807, 2.05) is 0 Å². The molecule has 1 aromatic rings. The van der Waals surface area contributed by atoms with E-state index >= 15 is 0 Å². The molecule has 25 heavy (non-hydrogen) atoms. The third-order valence-corrected chi connectivity index (χ3v) is 5.49. The molecular formula is C17H26N6O2. The minimum atomic E-state index is -0.251. The largest absolute Gasteiger partial charge is 0.490 e. The molecule has 8 heteroatoms. The average molecular weight is 346 g/mol. The van der Waals surface area contributed by atoms with Crippen LogP contribution in [0.5, 0.6) is 5.75 Å². The van der Waals surface area contributed by atoms with Gasteiger partial charge < -0.3 is 19.7 Å². The number of amidine groups is 1. The standard InChI is InChI=1S/C17H26N6O2/c1-12-5-6-18-9-17(12)10-19-16(25-17)22-14-13(24-2)15(21-11-20-14)23-7-3-4-8-23/h11-12,18H,3-10H2,1-2H3,(H,19,20,21,22)/t12-,17+/m0/s1. The predicted octanol–water partition coefficient (Wildman–Crippen LogP) is 1.25. The number of hydrogen-bond acceptors (Lipinski definition) is 8. The lowest BCUT2D eigenvalue weighted by Crippen LogP contribution is -2.54. The Kier molecular flexibility index (Phi) is 4.37. The molecule has 4 heterocycles. The molecular weight excluding hydrogens is 320 g/mol. The highest BCUT2D eigenvalue weighted by Gasteiger charge is 2.45. The topological polar surface area (TPSA) is 83.9 Å². The summed E-state index contributed by atoms with van der Waals surface area (Å²) in [5, 5.41) is 6.63. The van der Waals surface area contributed by atoms with E-state index in [1.54, 1.807) is 13.4 Å². The molecule has 4 rings (SSSR count). The van der Waals surface area contributed by atoms with E-state index in [4.69, 9.17) is 9.47 Å². The highest BCUT2D eigenvalue weighted by atomic mass is 16.5. The molecule has 3 aliphatic rings. The third-order valence-electron chi connectivity index (χ3n) is 5.49. The van der Waals surface area contributed by atoms with Gasteiger partial charge in [0.2, 0.25) is 5.75 Å². The zero-order valence-electron chi connectivity index (χ0n) is 14.9. The minimum absolute atomic E-state index is 0.251. The van der Waals surface area contributed by atoms with E-state index in [1.165, 1.54) is 12.8 Å². The second-order valence-corrected chi connectivity index (χ2v) is 7.05. The first-order chi connectivity index (χ1) is 12.2. The number of anilines is 2. The zero-order valence-corrected chi connectivity index (χ0v) is 14.9. The average Bonchev–Trinajstić information content (AvgIpc) is 3.29. The van der Waals surface area contributed by atoms with Crippen LogP contribution in [0.15, 0.2) is 11.3 Å². The second-order valence-electron chi connectivity index (χ2n) is 7.05. The Morgan fingerprint density at radius 1 is 1.36 bits per heavy atom. The molecule has 0 unspecified atom stereocenters. The lowest BCUT2D eigenvalue weighted by atomic mass is 9.83. The van der Waals surface area contributed by atoms with E-state index in [0.717, 1.165) is 38.4 Å². The fourth-order valence-corrected chi connectivity index (χ4v) is 3.83. The van der Waals surface area contributed by atoms with Gasteiger partial charge in [0.25, 0.3) is 6.02 Å². The van der Waals surface area contributed by atoms with Gasteiger partial charge in [0, 0.05) is 25.6 Å². The molecule has 2 N–H and O–H groups in total. The third kappa shape index (κ3) is 2.99.